The Morgan fingerprint density at radius 2 is 1.65 bits per heavy atom. The van der Waals surface area contributed by atoms with E-state index in [2.05, 4.69) is 4.98 Å². The maximum absolute atomic E-state index is 14.9. The van der Waals surface area contributed by atoms with Crippen LogP contribution in [0.1, 0.15) is 17.3 Å². The SMILES string of the molecule is CCOc1ccc(-c2ccc(-c3cc(C(=O)O)c4cc(F)ccc4n3)cc2F)c(F)c1. The zero-order chi connectivity index (χ0) is 22.1. The number of rotatable bonds is 5. The number of carboxylic acid groups (broad SMARTS) is 1. The minimum absolute atomic E-state index is 0.0469. The third-order valence-electron chi connectivity index (χ3n) is 4.81. The minimum Gasteiger partial charge on any atom is -0.494 e. The number of halogens is 3. The lowest BCUT2D eigenvalue weighted by atomic mass is 9.99. The van der Waals surface area contributed by atoms with Gasteiger partial charge in [0.05, 0.1) is 23.4 Å². The predicted octanol–water partition coefficient (Wildman–Crippen LogP) is 6.08. The van der Waals surface area contributed by atoms with Gasteiger partial charge in [0.25, 0.3) is 0 Å². The smallest absolute Gasteiger partial charge is 0.336 e. The molecule has 156 valence electrons. The van der Waals surface area contributed by atoms with Crippen LogP contribution in [0.25, 0.3) is 33.3 Å². The number of ether oxygens (including phenoxy) is 1. The van der Waals surface area contributed by atoms with Crippen LogP contribution in [0.3, 0.4) is 0 Å². The Bertz CT molecular complexity index is 1320. The number of nitrogens with zero attached hydrogens (tertiary/aromatic N) is 1. The summed E-state index contributed by atoms with van der Waals surface area (Å²) in [6.45, 7) is 2.16. The molecule has 31 heavy (non-hydrogen) atoms. The Morgan fingerprint density at radius 3 is 2.29 bits per heavy atom. The van der Waals surface area contributed by atoms with E-state index in [0.29, 0.717) is 17.9 Å². The fraction of sp³-hybridized carbons (Fsp3) is 0.0833. The number of aromatic carboxylic acids is 1. The molecule has 1 N–H and O–H groups in total. The summed E-state index contributed by atoms with van der Waals surface area (Å²) in [5, 5.41) is 9.65. The zero-order valence-electron chi connectivity index (χ0n) is 16.3. The number of benzene rings is 3. The van der Waals surface area contributed by atoms with Gasteiger partial charge in [-0.05, 0) is 49.4 Å². The molecule has 0 aliphatic rings. The first kappa shape index (κ1) is 20.4. The molecule has 4 aromatic rings. The lowest BCUT2D eigenvalue weighted by Gasteiger charge is -2.11. The number of hydrogen-bond donors (Lipinski definition) is 1. The summed E-state index contributed by atoms with van der Waals surface area (Å²) in [6.07, 6.45) is 0. The van der Waals surface area contributed by atoms with E-state index in [1.54, 1.807) is 13.0 Å². The van der Waals surface area contributed by atoms with Crippen molar-refractivity contribution in [3.63, 3.8) is 0 Å². The van der Waals surface area contributed by atoms with Crippen molar-refractivity contribution in [2.24, 2.45) is 0 Å². The van der Waals surface area contributed by atoms with Gasteiger partial charge in [-0.1, -0.05) is 12.1 Å². The van der Waals surface area contributed by atoms with Crippen molar-refractivity contribution in [2.45, 2.75) is 6.92 Å². The van der Waals surface area contributed by atoms with Gasteiger partial charge >= 0.3 is 5.97 Å². The summed E-state index contributed by atoms with van der Waals surface area (Å²) in [4.78, 5) is 16.0. The molecule has 7 heteroatoms. The van der Waals surface area contributed by atoms with E-state index in [4.69, 9.17) is 4.74 Å². The molecule has 0 atom stereocenters. The second-order valence-corrected chi connectivity index (χ2v) is 6.79. The molecule has 0 radical (unpaired) electrons. The summed E-state index contributed by atoms with van der Waals surface area (Å²) < 4.78 is 48.1. The van der Waals surface area contributed by atoms with Crippen LogP contribution in [0.4, 0.5) is 13.2 Å². The molecule has 0 fully saturated rings. The Morgan fingerprint density at radius 1 is 0.935 bits per heavy atom. The first-order chi connectivity index (χ1) is 14.9. The van der Waals surface area contributed by atoms with Crippen LogP contribution in [0.15, 0.2) is 60.7 Å². The van der Waals surface area contributed by atoms with E-state index in [9.17, 15) is 23.1 Å². The molecule has 0 aliphatic carbocycles. The quantitative estimate of drug-likeness (QED) is 0.422. The maximum atomic E-state index is 14.9. The molecular formula is C24H16F3NO3. The van der Waals surface area contributed by atoms with Crippen LogP contribution >= 0.6 is 0 Å². The highest BCUT2D eigenvalue weighted by atomic mass is 19.1. The normalized spacial score (nSPS) is 11.0. The zero-order valence-corrected chi connectivity index (χ0v) is 16.3. The van der Waals surface area contributed by atoms with Gasteiger partial charge in [0.2, 0.25) is 0 Å². The van der Waals surface area contributed by atoms with Gasteiger partial charge in [0, 0.05) is 28.1 Å². The van der Waals surface area contributed by atoms with E-state index in [1.807, 2.05) is 0 Å². The molecular weight excluding hydrogens is 407 g/mol. The number of carbonyl (C=O) groups is 1. The summed E-state index contributed by atoms with van der Waals surface area (Å²) in [5.41, 5.74) is 0.738. The fourth-order valence-electron chi connectivity index (χ4n) is 3.39. The van der Waals surface area contributed by atoms with E-state index < -0.39 is 23.4 Å². The summed E-state index contributed by atoms with van der Waals surface area (Å²) >= 11 is 0. The Kier molecular flexibility index (Phi) is 5.33. The molecule has 4 nitrogen and oxygen atoms in total. The first-order valence-electron chi connectivity index (χ1n) is 9.43. The Hall–Kier alpha value is -3.87. The number of pyridine rings is 1. The van der Waals surface area contributed by atoms with E-state index >= 15 is 0 Å². The molecule has 1 aromatic heterocycles. The number of hydrogen-bond acceptors (Lipinski definition) is 3. The standard InChI is InChI=1S/C24H16F3NO3/c1-2-31-15-5-7-17(21(27)11-15)16-6-3-13(9-20(16)26)23-12-19(24(29)30)18-10-14(25)4-8-22(18)28-23/h3-12H,2H2,1H3,(H,29,30). The average Bonchev–Trinajstić information content (AvgIpc) is 2.73. The molecule has 1 heterocycles. The predicted molar refractivity (Wildman–Crippen MR) is 111 cm³/mol. The molecule has 0 spiro atoms. The highest BCUT2D eigenvalue weighted by Gasteiger charge is 2.16. The average molecular weight is 423 g/mol. The van der Waals surface area contributed by atoms with Gasteiger partial charge in [-0.3, -0.25) is 0 Å². The second-order valence-electron chi connectivity index (χ2n) is 6.79. The molecule has 0 unspecified atom stereocenters. The van der Waals surface area contributed by atoms with Gasteiger partial charge in [-0.15, -0.1) is 0 Å². The van der Waals surface area contributed by atoms with Crippen LogP contribution in [0, 0.1) is 17.5 Å². The highest BCUT2D eigenvalue weighted by molar-refractivity contribution is 6.03. The van der Waals surface area contributed by atoms with Crippen LogP contribution in [-0.4, -0.2) is 22.7 Å². The lowest BCUT2D eigenvalue weighted by molar-refractivity contribution is 0.0699. The first-order valence-corrected chi connectivity index (χ1v) is 9.43. The Balaban J connectivity index is 1.79. The van der Waals surface area contributed by atoms with Crippen molar-refractivity contribution in [2.75, 3.05) is 6.61 Å². The van der Waals surface area contributed by atoms with Crippen LogP contribution in [-0.2, 0) is 0 Å². The van der Waals surface area contributed by atoms with Gasteiger partial charge in [0.1, 0.15) is 23.2 Å². The van der Waals surface area contributed by atoms with Gasteiger partial charge < -0.3 is 9.84 Å². The van der Waals surface area contributed by atoms with E-state index in [0.717, 1.165) is 12.1 Å². The van der Waals surface area contributed by atoms with Gasteiger partial charge in [-0.25, -0.2) is 22.9 Å². The third kappa shape index (κ3) is 3.94. The molecule has 0 saturated heterocycles. The van der Waals surface area contributed by atoms with Gasteiger partial charge in [0.15, 0.2) is 0 Å². The van der Waals surface area contributed by atoms with Crippen molar-refractivity contribution in [1.29, 1.82) is 0 Å². The van der Waals surface area contributed by atoms with Crippen molar-refractivity contribution < 1.29 is 27.8 Å². The van der Waals surface area contributed by atoms with E-state index in [1.165, 1.54) is 42.5 Å². The van der Waals surface area contributed by atoms with Crippen molar-refractivity contribution in [1.82, 2.24) is 4.98 Å². The molecule has 4 rings (SSSR count). The molecule has 0 bridgehead atoms. The topological polar surface area (TPSA) is 59.4 Å². The van der Waals surface area contributed by atoms with Gasteiger partial charge in [-0.2, -0.15) is 0 Å². The third-order valence-corrected chi connectivity index (χ3v) is 4.81. The van der Waals surface area contributed by atoms with E-state index in [-0.39, 0.29) is 33.3 Å². The lowest BCUT2D eigenvalue weighted by Crippen LogP contribution is -2.01. The summed E-state index contributed by atoms with van der Waals surface area (Å²) in [7, 11) is 0. The molecule has 0 amide bonds. The van der Waals surface area contributed by atoms with Crippen molar-refractivity contribution in [3.05, 3.63) is 83.7 Å². The van der Waals surface area contributed by atoms with Crippen LogP contribution < -0.4 is 4.74 Å². The molecule has 3 aromatic carbocycles. The number of aromatic nitrogens is 1. The van der Waals surface area contributed by atoms with Crippen molar-refractivity contribution >= 4 is 16.9 Å². The largest absolute Gasteiger partial charge is 0.494 e. The summed E-state index contributed by atoms with van der Waals surface area (Å²) in [5.74, 6) is -2.82. The summed E-state index contributed by atoms with van der Waals surface area (Å²) in [6, 6.07) is 13.2. The number of carboxylic acids is 1. The molecule has 0 saturated carbocycles. The fourth-order valence-corrected chi connectivity index (χ4v) is 3.39. The minimum atomic E-state index is -1.26. The Labute approximate surface area is 175 Å². The van der Waals surface area contributed by atoms with Crippen molar-refractivity contribution in [3.8, 4) is 28.1 Å². The monoisotopic (exact) mass is 423 g/mol. The highest BCUT2D eigenvalue weighted by Crippen LogP contribution is 2.32. The van der Waals surface area contributed by atoms with Crippen LogP contribution in [0.5, 0.6) is 5.75 Å². The van der Waals surface area contributed by atoms with Crippen LogP contribution in [0.2, 0.25) is 0 Å². The maximum Gasteiger partial charge on any atom is 0.336 e. The molecule has 0 aliphatic heterocycles. The number of fused-ring (bicyclic) bond motifs is 1. The second kappa shape index (κ2) is 8.10.